The van der Waals surface area contributed by atoms with E-state index in [2.05, 4.69) is 9.88 Å². The molecular weight excluding hydrogens is 297 g/mol. The fraction of sp³-hybridized carbons (Fsp3) is 0.471. The molecule has 0 saturated carbocycles. The molecule has 1 saturated heterocycles. The summed E-state index contributed by atoms with van der Waals surface area (Å²) in [7, 11) is 1.94. The highest BCUT2D eigenvalue weighted by Gasteiger charge is 2.39. The van der Waals surface area contributed by atoms with Crippen LogP contribution in [0.2, 0.25) is 0 Å². The number of benzene rings is 1. The largest absolute Gasteiger partial charge is 0.486 e. The van der Waals surface area contributed by atoms with Crippen molar-refractivity contribution in [2.24, 2.45) is 7.05 Å². The van der Waals surface area contributed by atoms with Gasteiger partial charge in [0.25, 0.3) is 0 Å². The Morgan fingerprint density at radius 3 is 3.00 bits per heavy atom. The van der Waals surface area contributed by atoms with Crippen LogP contribution in [0.15, 0.2) is 36.8 Å². The van der Waals surface area contributed by atoms with E-state index in [0.29, 0.717) is 25.3 Å². The van der Waals surface area contributed by atoms with Gasteiger partial charge in [0.1, 0.15) is 23.3 Å². The lowest BCUT2D eigenvalue weighted by Gasteiger charge is -2.42. The summed E-state index contributed by atoms with van der Waals surface area (Å²) in [5, 5.41) is 10.6. The summed E-state index contributed by atoms with van der Waals surface area (Å²) in [6.07, 6.45) is 3.94. The molecule has 6 heteroatoms. The number of nitrogens with zero attached hydrogens (tertiary/aromatic N) is 3. The zero-order valence-corrected chi connectivity index (χ0v) is 13.4. The molecule has 1 fully saturated rings. The summed E-state index contributed by atoms with van der Waals surface area (Å²) in [4.78, 5) is 6.53. The van der Waals surface area contributed by atoms with Crippen LogP contribution in [0.5, 0.6) is 5.75 Å². The number of aromatic nitrogens is 2. The van der Waals surface area contributed by atoms with E-state index in [1.165, 1.54) is 12.1 Å². The van der Waals surface area contributed by atoms with Crippen LogP contribution in [0.1, 0.15) is 19.0 Å². The molecule has 23 heavy (non-hydrogen) atoms. The van der Waals surface area contributed by atoms with E-state index in [0.717, 1.165) is 12.2 Å². The van der Waals surface area contributed by atoms with Gasteiger partial charge in [-0.25, -0.2) is 9.37 Å². The van der Waals surface area contributed by atoms with Crippen LogP contribution in [0.4, 0.5) is 4.39 Å². The lowest BCUT2D eigenvalue weighted by Crippen LogP contribution is -2.56. The van der Waals surface area contributed by atoms with Crippen molar-refractivity contribution in [1.82, 2.24) is 14.5 Å². The number of hydrogen-bond donors (Lipinski definition) is 1. The summed E-state index contributed by atoms with van der Waals surface area (Å²) in [5.41, 5.74) is 0.0472. The first-order chi connectivity index (χ1) is 10.9. The summed E-state index contributed by atoms with van der Waals surface area (Å²) < 4.78 is 21.1. The predicted molar refractivity (Wildman–Crippen MR) is 84.5 cm³/mol. The Balaban J connectivity index is 1.69. The quantitative estimate of drug-likeness (QED) is 0.936. The summed E-state index contributed by atoms with van der Waals surface area (Å²) in [6, 6.07) is 6.03. The van der Waals surface area contributed by atoms with E-state index in [9.17, 15) is 9.50 Å². The van der Waals surface area contributed by atoms with Gasteiger partial charge in [-0.2, -0.15) is 0 Å². The molecule has 2 aromatic rings. The van der Waals surface area contributed by atoms with E-state index < -0.39 is 11.7 Å². The molecule has 0 unspecified atom stereocenters. The second-order valence-corrected chi connectivity index (χ2v) is 6.44. The molecule has 1 N–H and O–H groups in total. The van der Waals surface area contributed by atoms with Crippen LogP contribution in [0, 0.1) is 5.82 Å². The summed E-state index contributed by atoms with van der Waals surface area (Å²) >= 11 is 0. The van der Waals surface area contributed by atoms with Crippen molar-refractivity contribution in [3.05, 3.63) is 48.3 Å². The molecule has 124 valence electrons. The molecule has 1 aliphatic rings. The van der Waals surface area contributed by atoms with Crippen LogP contribution in [0.25, 0.3) is 0 Å². The lowest BCUT2D eigenvalue weighted by atomic mass is 9.90. The molecule has 1 aromatic carbocycles. The number of aliphatic hydroxyl groups is 1. The first kappa shape index (κ1) is 16.0. The number of piperidine rings is 1. The average Bonchev–Trinajstić information content (AvgIpc) is 2.88. The van der Waals surface area contributed by atoms with Gasteiger partial charge in [0, 0.05) is 38.9 Å². The first-order valence-electron chi connectivity index (χ1n) is 7.76. The number of imidazole rings is 1. The Morgan fingerprint density at radius 2 is 2.30 bits per heavy atom. The highest BCUT2D eigenvalue weighted by Crippen LogP contribution is 2.27. The normalized spacial score (nSPS) is 25.5. The van der Waals surface area contributed by atoms with Gasteiger partial charge in [0.05, 0.1) is 12.0 Å². The average molecular weight is 319 g/mol. The number of hydrogen-bond acceptors (Lipinski definition) is 4. The Morgan fingerprint density at radius 1 is 1.48 bits per heavy atom. The minimum absolute atomic E-state index is 0.344. The fourth-order valence-electron chi connectivity index (χ4n) is 2.86. The number of rotatable bonds is 4. The molecule has 0 bridgehead atoms. The fourth-order valence-corrected chi connectivity index (χ4v) is 2.86. The smallest absolute Gasteiger partial charge is 0.140 e. The molecule has 0 radical (unpaired) electrons. The Bertz CT molecular complexity index is 671. The second kappa shape index (κ2) is 6.29. The van der Waals surface area contributed by atoms with Crippen LogP contribution in [0.3, 0.4) is 0 Å². The lowest BCUT2D eigenvalue weighted by molar-refractivity contribution is -0.0966. The predicted octanol–water partition coefficient (Wildman–Crippen LogP) is 1.96. The van der Waals surface area contributed by atoms with E-state index in [1.54, 1.807) is 25.4 Å². The SMILES string of the molecule is Cn1cnc(CN2CC[C@](C)(O)[C@@H](Oc3cccc(F)c3)C2)c1. The Labute approximate surface area is 135 Å². The first-order valence-corrected chi connectivity index (χ1v) is 7.76. The van der Waals surface area contributed by atoms with Gasteiger partial charge in [-0.3, -0.25) is 4.90 Å². The summed E-state index contributed by atoms with van der Waals surface area (Å²) in [6.45, 7) is 3.82. The number of ether oxygens (including phenoxy) is 1. The number of aryl methyl sites for hydroxylation is 1. The van der Waals surface area contributed by atoms with Crippen molar-refractivity contribution in [2.45, 2.75) is 31.6 Å². The zero-order chi connectivity index (χ0) is 16.4. The van der Waals surface area contributed by atoms with Crippen LogP contribution < -0.4 is 4.74 Å². The molecular formula is C17H22FN3O2. The van der Waals surface area contributed by atoms with E-state index in [4.69, 9.17) is 4.74 Å². The van der Waals surface area contributed by atoms with Gasteiger partial charge in [-0.05, 0) is 25.5 Å². The molecule has 0 spiro atoms. The van der Waals surface area contributed by atoms with Gasteiger partial charge in [-0.15, -0.1) is 0 Å². The molecule has 1 aromatic heterocycles. The van der Waals surface area contributed by atoms with Crippen molar-refractivity contribution in [2.75, 3.05) is 13.1 Å². The molecule has 2 heterocycles. The van der Waals surface area contributed by atoms with Gasteiger partial charge in [-0.1, -0.05) is 6.07 Å². The van der Waals surface area contributed by atoms with Gasteiger partial charge in [0.2, 0.25) is 0 Å². The molecule has 2 atom stereocenters. The van der Waals surface area contributed by atoms with Crippen molar-refractivity contribution in [3.63, 3.8) is 0 Å². The van der Waals surface area contributed by atoms with Crippen molar-refractivity contribution in [1.29, 1.82) is 0 Å². The third kappa shape index (κ3) is 3.89. The topological polar surface area (TPSA) is 50.5 Å². The monoisotopic (exact) mass is 319 g/mol. The highest BCUT2D eigenvalue weighted by atomic mass is 19.1. The second-order valence-electron chi connectivity index (χ2n) is 6.44. The van der Waals surface area contributed by atoms with Gasteiger partial charge >= 0.3 is 0 Å². The van der Waals surface area contributed by atoms with Crippen molar-refractivity contribution < 1.29 is 14.2 Å². The van der Waals surface area contributed by atoms with Crippen LogP contribution in [-0.2, 0) is 13.6 Å². The minimum Gasteiger partial charge on any atom is -0.486 e. The molecule has 0 amide bonds. The molecule has 5 nitrogen and oxygen atoms in total. The van der Waals surface area contributed by atoms with Gasteiger partial charge < -0.3 is 14.4 Å². The Kier molecular flexibility index (Phi) is 4.37. The molecule has 0 aliphatic carbocycles. The number of likely N-dealkylation sites (tertiary alicyclic amines) is 1. The maximum absolute atomic E-state index is 13.3. The van der Waals surface area contributed by atoms with E-state index >= 15 is 0 Å². The van der Waals surface area contributed by atoms with E-state index in [-0.39, 0.29) is 5.82 Å². The Hall–Kier alpha value is -1.92. The van der Waals surface area contributed by atoms with Crippen LogP contribution in [-0.4, -0.2) is 44.4 Å². The van der Waals surface area contributed by atoms with Crippen molar-refractivity contribution >= 4 is 0 Å². The third-order valence-corrected chi connectivity index (χ3v) is 4.27. The maximum atomic E-state index is 13.3. The summed E-state index contributed by atoms with van der Waals surface area (Å²) in [5.74, 6) is 0.0956. The van der Waals surface area contributed by atoms with Crippen molar-refractivity contribution in [3.8, 4) is 5.75 Å². The standard InChI is InChI=1S/C17H22FN3O2/c1-17(22)6-7-21(10-14-9-20(2)12-19-14)11-16(17)23-15-5-3-4-13(18)8-15/h3-5,8-9,12,16,22H,6-7,10-11H2,1-2H3/t16-,17-/m0/s1. The van der Waals surface area contributed by atoms with Gasteiger partial charge in [0.15, 0.2) is 0 Å². The minimum atomic E-state index is -0.938. The highest BCUT2D eigenvalue weighted by molar-refractivity contribution is 5.23. The third-order valence-electron chi connectivity index (χ3n) is 4.27. The van der Waals surface area contributed by atoms with Crippen LogP contribution >= 0.6 is 0 Å². The number of halogens is 1. The van der Waals surface area contributed by atoms with E-state index in [1.807, 2.05) is 17.8 Å². The molecule has 3 rings (SSSR count). The molecule has 1 aliphatic heterocycles. The zero-order valence-electron chi connectivity index (χ0n) is 13.4. The maximum Gasteiger partial charge on any atom is 0.140 e.